The molecule has 0 spiro atoms. The molecule has 1 aliphatic carbocycles. The molecule has 4 nitrogen and oxygen atoms in total. The molecule has 28 heavy (non-hydrogen) atoms. The molecule has 4 aromatic rings. The van der Waals surface area contributed by atoms with Crippen LogP contribution in [0, 0.1) is 0 Å². The number of aryl methyl sites for hydroxylation is 2. The second-order valence-corrected chi connectivity index (χ2v) is 7.96. The lowest BCUT2D eigenvalue weighted by atomic mass is 9.91. The maximum atomic E-state index is 12.7. The van der Waals surface area contributed by atoms with Gasteiger partial charge in [-0.15, -0.1) is 0 Å². The number of nitrogens with one attached hydrogen (secondary N) is 3. The summed E-state index contributed by atoms with van der Waals surface area (Å²) in [4.78, 5) is 19.4. The number of para-hydroxylation sites is 2. The van der Waals surface area contributed by atoms with Crippen LogP contribution >= 0.6 is 11.6 Å². The Balaban J connectivity index is 1.32. The quantitative estimate of drug-likeness (QED) is 0.427. The number of hydrogen-bond donors (Lipinski definition) is 3. The average molecular weight is 392 g/mol. The second kappa shape index (κ2) is 7.02. The minimum absolute atomic E-state index is 0.0303. The molecule has 0 bridgehead atoms. The molecule has 3 N–H and O–H groups in total. The number of aromatic nitrogens is 2. The van der Waals surface area contributed by atoms with E-state index in [1.165, 1.54) is 21.9 Å². The first-order valence-electron chi connectivity index (χ1n) is 9.84. The summed E-state index contributed by atoms with van der Waals surface area (Å²) in [6.07, 6.45) is 6.27. The first-order chi connectivity index (χ1) is 13.7. The molecule has 0 fully saturated rings. The summed E-state index contributed by atoms with van der Waals surface area (Å²) in [5.74, 6) is 0.0906. The lowest BCUT2D eigenvalue weighted by Crippen LogP contribution is -2.31. The van der Waals surface area contributed by atoms with Gasteiger partial charge in [-0.05, 0) is 48.9 Å². The Hall–Kier alpha value is -2.72. The summed E-state index contributed by atoms with van der Waals surface area (Å²) in [6.45, 7) is 0. The largest absolute Gasteiger partial charge is 0.361 e. The number of fused-ring (bicyclic) bond motifs is 4. The third-order valence-electron chi connectivity index (χ3n) is 5.82. The fourth-order valence-electron chi connectivity index (χ4n) is 4.45. The molecule has 1 aliphatic rings. The van der Waals surface area contributed by atoms with E-state index in [1.54, 1.807) is 0 Å². The minimum Gasteiger partial charge on any atom is -0.361 e. The Labute approximate surface area is 168 Å². The molecule has 5 rings (SSSR count). The molecular formula is C23H22ClN3O. The topological polar surface area (TPSA) is 60.7 Å². The van der Waals surface area contributed by atoms with Gasteiger partial charge in [0, 0.05) is 34.6 Å². The Bertz CT molecular complexity index is 1170. The Morgan fingerprint density at radius 2 is 2.00 bits per heavy atom. The zero-order valence-electron chi connectivity index (χ0n) is 15.5. The normalized spacial score (nSPS) is 16.4. The SMILES string of the molecule is O=C(CCc1c[nH]c2ccccc12)NC1CCCc2c1[nH]c1c(Cl)cccc21. The van der Waals surface area contributed by atoms with Gasteiger partial charge >= 0.3 is 0 Å². The highest BCUT2D eigenvalue weighted by Crippen LogP contribution is 2.37. The van der Waals surface area contributed by atoms with Crippen LogP contribution in [0.3, 0.4) is 0 Å². The van der Waals surface area contributed by atoms with E-state index in [-0.39, 0.29) is 11.9 Å². The van der Waals surface area contributed by atoms with Gasteiger partial charge < -0.3 is 15.3 Å². The minimum atomic E-state index is 0.0303. The van der Waals surface area contributed by atoms with Gasteiger partial charge in [-0.2, -0.15) is 0 Å². The van der Waals surface area contributed by atoms with Crippen LogP contribution in [0.1, 0.15) is 42.1 Å². The van der Waals surface area contributed by atoms with Crippen LogP contribution in [0.25, 0.3) is 21.8 Å². The van der Waals surface area contributed by atoms with Crippen molar-refractivity contribution < 1.29 is 4.79 Å². The maximum Gasteiger partial charge on any atom is 0.220 e. The molecule has 0 saturated heterocycles. The maximum absolute atomic E-state index is 12.7. The van der Waals surface area contributed by atoms with Crippen LogP contribution in [-0.4, -0.2) is 15.9 Å². The fourth-order valence-corrected chi connectivity index (χ4v) is 4.67. The molecule has 1 amide bonds. The van der Waals surface area contributed by atoms with Crippen molar-refractivity contribution in [3.63, 3.8) is 0 Å². The van der Waals surface area contributed by atoms with Crippen LogP contribution in [0.4, 0.5) is 0 Å². The predicted molar refractivity (Wildman–Crippen MR) is 114 cm³/mol. The lowest BCUT2D eigenvalue weighted by Gasteiger charge is -2.24. The number of halogens is 1. The van der Waals surface area contributed by atoms with Crippen molar-refractivity contribution in [2.24, 2.45) is 0 Å². The van der Waals surface area contributed by atoms with Crippen LogP contribution in [0.5, 0.6) is 0 Å². The van der Waals surface area contributed by atoms with E-state index in [4.69, 9.17) is 11.6 Å². The number of carbonyl (C=O) groups excluding carboxylic acids is 1. The Morgan fingerprint density at radius 3 is 2.93 bits per heavy atom. The molecule has 5 heteroatoms. The Morgan fingerprint density at radius 1 is 1.14 bits per heavy atom. The molecule has 2 aromatic carbocycles. The standard InChI is InChI=1S/C23H22ClN3O/c24-18-8-3-6-16-17-7-4-10-20(23(17)27-22(16)18)26-21(28)12-11-14-13-25-19-9-2-1-5-15(14)19/h1-3,5-6,8-9,13,20,25,27H,4,7,10-12H2,(H,26,28). The highest BCUT2D eigenvalue weighted by molar-refractivity contribution is 6.35. The van der Waals surface area contributed by atoms with Crippen molar-refractivity contribution in [3.05, 3.63) is 70.5 Å². The number of amides is 1. The van der Waals surface area contributed by atoms with Gasteiger partial charge in [-0.3, -0.25) is 4.79 Å². The van der Waals surface area contributed by atoms with Crippen molar-refractivity contribution in [1.82, 2.24) is 15.3 Å². The predicted octanol–water partition coefficient (Wildman–Crippen LogP) is 5.43. The summed E-state index contributed by atoms with van der Waals surface area (Å²) in [5.41, 5.74) is 5.70. The molecule has 0 radical (unpaired) electrons. The molecule has 142 valence electrons. The van der Waals surface area contributed by atoms with Crippen LogP contribution in [-0.2, 0) is 17.6 Å². The number of rotatable bonds is 4. The molecule has 0 saturated carbocycles. The number of aromatic amines is 2. The third-order valence-corrected chi connectivity index (χ3v) is 6.14. The summed E-state index contributed by atoms with van der Waals surface area (Å²) >= 11 is 6.36. The van der Waals surface area contributed by atoms with Crippen molar-refractivity contribution in [2.75, 3.05) is 0 Å². The highest BCUT2D eigenvalue weighted by atomic mass is 35.5. The van der Waals surface area contributed by atoms with E-state index in [2.05, 4.69) is 33.5 Å². The molecular weight excluding hydrogens is 370 g/mol. The second-order valence-electron chi connectivity index (χ2n) is 7.55. The van der Waals surface area contributed by atoms with Crippen molar-refractivity contribution in [1.29, 1.82) is 0 Å². The average Bonchev–Trinajstić information content (AvgIpc) is 3.30. The van der Waals surface area contributed by atoms with Gasteiger partial charge in [0.25, 0.3) is 0 Å². The van der Waals surface area contributed by atoms with Gasteiger partial charge in [-0.1, -0.05) is 41.9 Å². The lowest BCUT2D eigenvalue weighted by molar-refractivity contribution is -0.121. The monoisotopic (exact) mass is 391 g/mol. The molecule has 1 atom stereocenters. The van der Waals surface area contributed by atoms with Crippen molar-refractivity contribution >= 4 is 39.3 Å². The number of H-pyrrole nitrogens is 2. The number of carbonyl (C=O) groups is 1. The molecule has 2 heterocycles. The molecule has 1 unspecified atom stereocenters. The zero-order valence-corrected chi connectivity index (χ0v) is 16.3. The Kier molecular flexibility index (Phi) is 4.36. The van der Waals surface area contributed by atoms with E-state index in [1.807, 2.05) is 30.5 Å². The third kappa shape index (κ3) is 2.98. The summed E-state index contributed by atoms with van der Waals surface area (Å²) in [6, 6.07) is 14.2. The van der Waals surface area contributed by atoms with Crippen molar-refractivity contribution in [2.45, 2.75) is 38.1 Å². The van der Waals surface area contributed by atoms with Gasteiger partial charge in [0.15, 0.2) is 0 Å². The first kappa shape index (κ1) is 17.4. The first-order valence-corrected chi connectivity index (χ1v) is 10.2. The fraction of sp³-hybridized carbons (Fsp3) is 0.261. The van der Waals surface area contributed by atoms with Crippen LogP contribution in [0.2, 0.25) is 5.02 Å². The number of benzene rings is 2. The van der Waals surface area contributed by atoms with Crippen LogP contribution < -0.4 is 5.32 Å². The van der Waals surface area contributed by atoms with Gasteiger partial charge in [0.2, 0.25) is 5.91 Å². The molecule has 0 aliphatic heterocycles. The van der Waals surface area contributed by atoms with Gasteiger partial charge in [0.1, 0.15) is 0 Å². The zero-order chi connectivity index (χ0) is 19.1. The van der Waals surface area contributed by atoms with E-state index in [9.17, 15) is 4.79 Å². The molecule has 2 aromatic heterocycles. The summed E-state index contributed by atoms with van der Waals surface area (Å²) < 4.78 is 0. The summed E-state index contributed by atoms with van der Waals surface area (Å²) in [7, 11) is 0. The highest BCUT2D eigenvalue weighted by Gasteiger charge is 2.26. The van der Waals surface area contributed by atoms with Gasteiger partial charge in [0.05, 0.1) is 16.6 Å². The van der Waals surface area contributed by atoms with Crippen LogP contribution in [0.15, 0.2) is 48.7 Å². The summed E-state index contributed by atoms with van der Waals surface area (Å²) in [5, 5.41) is 6.35. The number of hydrogen-bond acceptors (Lipinski definition) is 1. The smallest absolute Gasteiger partial charge is 0.220 e. The van der Waals surface area contributed by atoms with E-state index >= 15 is 0 Å². The van der Waals surface area contributed by atoms with E-state index < -0.39 is 0 Å². The van der Waals surface area contributed by atoms with Gasteiger partial charge in [-0.25, -0.2) is 0 Å². The van der Waals surface area contributed by atoms with E-state index in [0.717, 1.165) is 47.4 Å². The van der Waals surface area contributed by atoms with Crippen molar-refractivity contribution in [3.8, 4) is 0 Å². The van der Waals surface area contributed by atoms with E-state index in [0.29, 0.717) is 6.42 Å².